The van der Waals surface area contributed by atoms with Gasteiger partial charge in [-0.05, 0) is 47.3 Å². The molecule has 2 aliphatic rings. The van der Waals surface area contributed by atoms with Crippen LogP contribution in [0.25, 0.3) is 0 Å². The van der Waals surface area contributed by atoms with Crippen LogP contribution in [0.2, 0.25) is 0 Å². The summed E-state index contributed by atoms with van der Waals surface area (Å²) in [5, 5.41) is 0. The molecule has 2 unspecified atom stereocenters. The van der Waals surface area contributed by atoms with Crippen molar-refractivity contribution >= 4 is 33.2 Å². The molecule has 1 aliphatic carbocycles. The number of alkyl halides is 3. The SMILES string of the molecule is O=C(C1CCCC(C(F)(F)F)C1)N1CCN(Cc2ccc(Br)s2)CC1. The Kier molecular flexibility index (Phi) is 6.11. The van der Waals surface area contributed by atoms with Crippen LogP contribution in [0.5, 0.6) is 0 Å². The Labute approximate surface area is 158 Å². The largest absolute Gasteiger partial charge is 0.391 e. The Morgan fingerprint density at radius 3 is 2.52 bits per heavy atom. The lowest BCUT2D eigenvalue weighted by atomic mass is 9.80. The van der Waals surface area contributed by atoms with Gasteiger partial charge in [-0.2, -0.15) is 13.2 Å². The number of halogens is 4. The minimum absolute atomic E-state index is 0.0359. The second kappa shape index (κ2) is 7.96. The minimum Gasteiger partial charge on any atom is -0.340 e. The van der Waals surface area contributed by atoms with Crippen molar-refractivity contribution in [1.29, 1.82) is 0 Å². The molecule has 25 heavy (non-hydrogen) atoms. The van der Waals surface area contributed by atoms with E-state index in [1.807, 2.05) is 6.07 Å². The van der Waals surface area contributed by atoms with Crippen LogP contribution in [-0.2, 0) is 11.3 Å². The summed E-state index contributed by atoms with van der Waals surface area (Å²) >= 11 is 5.16. The first-order valence-corrected chi connectivity index (χ1v) is 10.3. The third-order valence-corrected chi connectivity index (χ3v) is 6.79. The van der Waals surface area contributed by atoms with E-state index in [9.17, 15) is 18.0 Å². The molecule has 1 aromatic heterocycles. The van der Waals surface area contributed by atoms with E-state index in [1.165, 1.54) is 4.88 Å². The van der Waals surface area contributed by atoms with E-state index in [1.54, 1.807) is 16.2 Å². The number of piperazine rings is 1. The Morgan fingerprint density at radius 1 is 1.20 bits per heavy atom. The highest BCUT2D eigenvalue weighted by Crippen LogP contribution is 2.40. The summed E-state index contributed by atoms with van der Waals surface area (Å²) in [6.07, 6.45) is -2.96. The normalized spacial score (nSPS) is 26.0. The summed E-state index contributed by atoms with van der Waals surface area (Å²) in [5.74, 6) is -1.85. The van der Waals surface area contributed by atoms with Gasteiger partial charge in [0, 0.05) is 43.5 Å². The van der Waals surface area contributed by atoms with E-state index in [4.69, 9.17) is 0 Å². The number of carbonyl (C=O) groups is 1. The fourth-order valence-corrected chi connectivity index (χ4v) is 5.28. The van der Waals surface area contributed by atoms with Crippen molar-refractivity contribution in [3.63, 3.8) is 0 Å². The zero-order chi connectivity index (χ0) is 18.0. The average molecular weight is 439 g/mol. The van der Waals surface area contributed by atoms with E-state index in [-0.39, 0.29) is 18.7 Å². The first-order chi connectivity index (χ1) is 11.8. The molecule has 0 aromatic carbocycles. The third kappa shape index (κ3) is 4.98. The van der Waals surface area contributed by atoms with Crippen molar-refractivity contribution in [3.05, 3.63) is 20.8 Å². The molecule has 2 fully saturated rings. The number of thiophene rings is 1. The van der Waals surface area contributed by atoms with Crippen molar-refractivity contribution in [2.75, 3.05) is 26.2 Å². The molecule has 8 heteroatoms. The molecule has 3 nitrogen and oxygen atoms in total. The van der Waals surface area contributed by atoms with Gasteiger partial charge < -0.3 is 4.90 Å². The lowest BCUT2D eigenvalue weighted by molar-refractivity contribution is -0.187. The summed E-state index contributed by atoms with van der Waals surface area (Å²) in [7, 11) is 0. The predicted octanol–water partition coefficient (Wildman–Crippen LogP) is 4.52. The van der Waals surface area contributed by atoms with Crippen LogP contribution < -0.4 is 0 Å². The molecule has 3 rings (SSSR count). The van der Waals surface area contributed by atoms with Crippen molar-refractivity contribution < 1.29 is 18.0 Å². The number of nitrogens with zero attached hydrogens (tertiary/aromatic N) is 2. The van der Waals surface area contributed by atoms with E-state index >= 15 is 0 Å². The Morgan fingerprint density at radius 2 is 1.92 bits per heavy atom. The standard InChI is InChI=1S/C17H22BrF3N2OS/c18-15-5-4-14(25-15)11-22-6-8-23(9-7-22)16(24)12-2-1-3-13(10-12)17(19,20)21/h4-5,12-13H,1-3,6-11H2. The molecular formula is C17H22BrF3N2OS. The second-order valence-corrected chi connectivity index (χ2v) is 9.46. The molecule has 1 saturated carbocycles. The molecule has 1 aromatic rings. The zero-order valence-electron chi connectivity index (χ0n) is 13.9. The highest BCUT2D eigenvalue weighted by molar-refractivity contribution is 9.11. The zero-order valence-corrected chi connectivity index (χ0v) is 16.3. The van der Waals surface area contributed by atoms with Gasteiger partial charge in [-0.15, -0.1) is 11.3 Å². The average Bonchev–Trinajstić information content (AvgIpc) is 2.99. The van der Waals surface area contributed by atoms with Crippen LogP contribution in [0.4, 0.5) is 13.2 Å². The summed E-state index contributed by atoms with van der Waals surface area (Å²) in [5.41, 5.74) is 0. The van der Waals surface area contributed by atoms with Crippen molar-refractivity contribution in [2.24, 2.45) is 11.8 Å². The van der Waals surface area contributed by atoms with Gasteiger partial charge >= 0.3 is 6.18 Å². The number of amides is 1. The molecule has 1 amide bonds. The third-order valence-electron chi connectivity index (χ3n) is 5.18. The lowest BCUT2D eigenvalue weighted by Crippen LogP contribution is -2.50. The quantitative estimate of drug-likeness (QED) is 0.692. The first kappa shape index (κ1) is 19.2. The highest BCUT2D eigenvalue weighted by Gasteiger charge is 2.44. The molecule has 140 valence electrons. The summed E-state index contributed by atoms with van der Waals surface area (Å²) < 4.78 is 39.9. The number of rotatable bonds is 3. The van der Waals surface area contributed by atoms with Crippen LogP contribution in [-0.4, -0.2) is 48.1 Å². The van der Waals surface area contributed by atoms with Gasteiger partial charge in [0.05, 0.1) is 9.70 Å². The van der Waals surface area contributed by atoms with Gasteiger partial charge in [0.15, 0.2) is 0 Å². The lowest BCUT2D eigenvalue weighted by Gasteiger charge is -2.38. The van der Waals surface area contributed by atoms with Gasteiger partial charge in [-0.25, -0.2) is 0 Å². The molecule has 1 saturated heterocycles. The summed E-state index contributed by atoms with van der Waals surface area (Å²) in [6.45, 7) is 3.63. The molecule has 0 bridgehead atoms. The first-order valence-electron chi connectivity index (χ1n) is 8.65. The van der Waals surface area contributed by atoms with Gasteiger partial charge in [-0.3, -0.25) is 9.69 Å². The van der Waals surface area contributed by atoms with Crippen molar-refractivity contribution in [2.45, 2.75) is 38.4 Å². The smallest absolute Gasteiger partial charge is 0.340 e. The molecular weight excluding hydrogens is 417 g/mol. The number of hydrogen-bond acceptors (Lipinski definition) is 3. The fraction of sp³-hybridized carbons (Fsp3) is 0.706. The second-order valence-electron chi connectivity index (χ2n) is 6.91. The molecule has 2 heterocycles. The molecule has 0 radical (unpaired) electrons. The van der Waals surface area contributed by atoms with Gasteiger partial charge in [0.25, 0.3) is 0 Å². The molecule has 0 spiro atoms. The minimum atomic E-state index is -4.17. The number of carbonyl (C=O) groups excluding carboxylic acids is 1. The maximum Gasteiger partial charge on any atom is 0.391 e. The van der Waals surface area contributed by atoms with Crippen LogP contribution >= 0.6 is 27.3 Å². The van der Waals surface area contributed by atoms with Crippen molar-refractivity contribution in [1.82, 2.24) is 9.80 Å². The maximum atomic E-state index is 12.9. The molecule has 2 atom stereocenters. The van der Waals surface area contributed by atoms with Gasteiger partial charge in [0.1, 0.15) is 0 Å². The summed E-state index contributed by atoms with van der Waals surface area (Å²) in [4.78, 5) is 18.0. The van der Waals surface area contributed by atoms with Gasteiger partial charge in [-0.1, -0.05) is 6.42 Å². The van der Waals surface area contributed by atoms with Crippen LogP contribution in [0.1, 0.15) is 30.6 Å². The fourth-order valence-electron chi connectivity index (χ4n) is 3.75. The van der Waals surface area contributed by atoms with E-state index in [0.29, 0.717) is 25.9 Å². The Bertz CT molecular complexity index is 599. The Balaban J connectivity index is 1.49. The van der Waals surface area contributed by atoms with Gasteiger partial charge in [0.2, 0.25) is 5.91 Å². The molecule has 0 N–H and O–H groups in total. The van der Waals surface area contributed by atoms with E-state index in [2.05, 4.69) is 26.9 Å². The maximum absolute atomic E-state index is 12.9. The predicted molar refractivity (Wildman–Crippen MR) is 95.4 cm³/mol. The van der Waals surface area contributed by atoms with E-state index in [0.717, 1.165) is 23.4 Å². The Hall–Kier alpha value is -0.600. The summed E-state index contributed by atoms with van der Waals surface area (Å²) in [6, 6.07) is 4.12. The van der Waals surface area contributed by atoms with Crippen LogP contribution in [0, 0.1) is 11.8 Å². The van der Waals surface area contributed by atoms with Crippen LogP contribution in [0.3, 0.4) is 0 Å². The van der Waals surface area contributed by atoms with Crippen LogP contribution in [0.15, 0.2) is 15.9 Å². The highest BCUT2D eigenvalue weighted by atomic mass is 79.9. The monoisotopic (exact) mass is 438 g/mol. The van der Waals surface area contributed by atoms with E-state index < -0.39 is 18.0 Å². The molecule has 1 aliphatic heterocycles. The van der Waals surface area contributed by atoms with Crippen molar-refractivity contribution in [3.8, 4) is 0 Å². The number of hydrogen-bond donors (Lipinski definition) is 0. The topological polar surface area (TPSA) is 23.6 Å².